The molecule has 0 amide bonds. The largest absolute Gasteiger partial charge is 0.220 e. The molecular formula is C9H10Cl2N4S. The van der Waals surface area contributed by atoms with Crippen LogP contribution in [-0.4, -0.2) is 20.2 Å². The molecule has 0 fully saturated rings. The highest BCUT2D eigenvalue weighted by atomic mass is 35.5. The second kappa shape index (κ2) is 4.69. The SMILES string of the molecule is CC(Cl)c1nnnn1C(C)c1ccc(Cl)s1. The van der Waals surface area contributed by atoms with Crippen molar-refractivity contribution < 1.29 is 0 Å². The van der Waals surface area contributed by atoms with Crippen molar-refractivity contribution in [1.29, 1.82) is 0 Å². The maximum atomic E-state index is 6.00. The van der Waals surface area contributed by atoms with Crippen molar-refractivity contribution in [3.8, 4) is 0 Å². The maximum absolute atomic E-state index is 6.00. The molecule has 2 rings (SSSR count). The van der Waals surface area contributed by atoms with E-state index in [2.05, 4.69) is 15.5 Å². The van der Waals surface area contributed by atoms with Crippen LogP contribution in [0, 0.1) is 0 Å². The van der Waals surface area contributed by atoms with Gasteiger partial charge in [-0.25, -0.2) is 4.68 Å². The summed E-state index contributed by atoms with van der Waals surface area (Å²) in [4.78, 5) is 1.11. The molecule has 0 N–H and O–H groups in total. The summed E-state index contributed by atoms with van der Waals surface area (Å²) in [7, 11) is 0. The molecule has 0 aromatic carbocycles. The Morgan fingerprint density at radius 2 is 2.12 bits per heavy atom. The van der Waals surface area contributed by atoms with E-state index in [1.165, 1.54) is 11.3 Å². The molecule has 16 heavy (non-hydrogen) atoms. The van der Waals surface area contributed by atoms with Crippen LogP contribution in [0.1, 0.15) is 36.0 Å². The monoisotopic (exact) mass is 276 g/mol. The smallest absolute Gasteiger partial charge is 0.169 e. The Hall–Kier alpha value is -0.650. The summed E-state index contributed by atoms with van der Waals surface area (Å²) in [6.07, 6.45) is 0. The average Bonchev–Trinajstić information content (AvgIpc) is 2.84. The average molecular weight is 277 g/mol. The molecule has 86 valence electrons. The molecule has 0 aliphatic carbocycles. The van der Waals surface area contributed by atoms with Gasteiger partial charge in [-0.3, -0.25) is 0 Å². The highest BCUT2D eigenvalue weighted by Crippen LogP contribution is 2.30. The van der Waals surface area contributed by atoms with Crippen LogP contribution in [0.2, 0.25) is 4.34 Å². The van der Waals surface area contributed by atoms with Crippen molar-refractivity contribution in [2.75, 3.05) is 0 Å². The molecule has 0 radical (unpaired) electrons. The van der Waals surface area contributed by atoms with Crippen LogP contribution in [-0.2, 0) is 0 Å². The number of hydrogen-bond donors (Lipinski definition) is 0. The molecule has 0 aliphatic rings. The standard InChI is InChI=1S/C9H10Cl2N4S/c1-5(10)9-12-13-14-15(9)6(2)7-3-4-8(11)16-7/h3-6H,1-2H3. The number of rotatable bonds is 3. The maximum Gasteiger partial charge on any atom is 0.169 e. The van der Waals surface area contributed by atoms with Crippen molar-refractivity contribution in [3.63, 3.8) is 0 Å². The van der Waals surface area contributed by atoms with Crippen LogP contribution in [0.5, 0.6) is 0 Å². The third kappa shape index (κ3) is 2.21. The van der Waals surface area contributed by atoms with E-state index in [9.17, 15) is 0 Å². The molecule has 0 bridgehead atoms. The number of aromatic nitrogens is 4. The lowest BCUT2D eigenvalue weighted by Gasteiger charge is -2.12. The van der Waals surface area contributed by atoms with Gasteiger partial charge in [0, 0.05) is 4.88 Å². The molecule has 4 nitrogen and oxygen atoms in total. The van der Waals surface area contributed by atoms with Gasteiger partial charge in [0.25, 0.3) is 0 Å². The van der Waals surface area contributed by atoms with Gasteiger partial charge >= 0.3 is 0 Å². The quantitative estimate of drug-likeness (QED) is 0.808. The molecular weight excluding hydrogens is 267 g/mol. The molecule has 2 heterocycles. The predicted octanol–water partition coefficient (Wildman–Crippen LogP) is 3.30. The fourth-order valence-corrected chi connectivity index (χ4v) is 2.65. The normalized spacial score (nSPS) is 15.0. The van der Waals surface area contributed by atoms with Gasteiger partial charge in [-0.1, -0.05) is 11.6 Å². The van der Waals surface area contributed by atoms with Crippen LogP contribution >= 0.6 is 34.5 Å². The molecule has 2 atom stereocenters. The molecule has 2 unspecified atom stereocenters. The second-order valence-corrected chi connectivity index (χ2v) is 5.82. The summed E-state index contributed by atoms with van der Waals surface area (Å²) in [5.41, 5.74) is 0. The summed E-state index contributed by atoms with van der Waals surface area (Å²) >= 11 is 13.4. The van der Waals surface area contributed by atoms with E-state index in [0.717, 1.165) is 9.21 Å². The number of halogens is 2. The first-order valence-electron chi connectivity index (χ1n) is 4.76. The van der Waals surface area contributed by atoms with Gasteiger partial charge in [-0.05, 0) is 36.4 Å². The molecule has 0 saturated carbocycles. The lowest BCUT2D eigenvalue weighted by Crippen LogP contribution is -2.11. The first kappa shape index (κ1) is 11.8. The van der Waals surface area contributed by atoms with Gasteiger partial charge in [-0.15, -0.1) is 28.0 Å². The minimum Gasteiger partial charge on any atom is -0.220 e. The fourth-order valence-electron chi connectivity index (χ4n) is 1.41. The zero-order valence-electron chi connectivity index (χ0n) is 8.76. The van der Waals surface area contributed by atoms with Gasteiger partial charge in [0.15, 0.2) is 5.82 Å². The third-order valence-corrected chi connectivity index (χ3v) is 3.84. The van der Waals surface area contributed by atoms with Gasteiger partial charge < -0.3 is 0 Å². The summed E-state index contributed by atoms with van der Waals surface area (Å²) in [5.74, 6) is 0.665. The Morgan fingerprint density at radius 1 is 1.38 bits per heavy atom. The van der Waals surface area contributed by atoms with E-state index in [0.29, 0.717) is 5.82 Å². The highest BCUT2D eigenvalue weighted by molar-refractivity contribution is 7.16. The van der Waals surface area contributed by atoms with Crippen LogP contribution in [0.25, 0.3) is 0 Å². The van der Waals surface area contributed by atoms with Gasteiger partial charge in [0.05, 0.1) is 15.8 Å². The summed E-state index contributed by atoms with van der Waals surface area (Å²) in [5, 5.41) is 11.3. The highest BCUT2D eigenvalue weighted by Gasteiger charge is 2.19. The van der Waals surface area contributed by atoms with Crippen LogP contribution in [0.4, 0.5) is 0 Å². The predicted molar refractivity (Wildman–Crippen MR) is 65.2 cm³/mol. The Kier molecular flexibility index (Phi) is 3.47. The van der Waals surface area contributed by atoms with E-state index in [4.69, 9.17) is 23.2 Å². The summed E-state index contributed by atoms with van der Waals surface area (Å²) < 4.78 is 2.48. The Morgan fingerprint density at radius 3 is 2.69 bits per heavy atom. The van der Waals surface area contributed by atoms with E-state index < -0.39 is 0 Å². The summed E-state index contributed by atoms with van der Waals surface area (Å²) in [6.45, 7) is 3.86. The lowest BCUT2D eigenvalue weighted by atomic mass is 10.2. The zero-order valence-corrected chi connectivity index (χ0v) is 11.1. The van der Waals surface area contributed by atoms with Crippen molar-refractivity contribution in [2.45, 2.75) is 25.3 Å². The van der Waals surface area contributed by atoms with E-state index in [-0.39, 0.29) is 11.4 Å². The number of thiophene rings is 1. The lowest BCUT2D eigenvalue weighted by molar-refractivity contribution is 0.527. The summed E-state index contributed by atoms with van der Waals surface area (Å²) in [6, 6.07) is 3.89. The van der Waals surface area contributed by atoms with Gasteiger partial charge in [0.1, 0.15) is 0 Å². The van der Waals surface area contributed by atoms with Gasteiger partial charge in [0.2, 0.25) is 0 Å². The molecule has 2 aromatic heterocycles. The van der Waals surface area contributed by atoms with Crippen LogP contribution in [0.3, 0.4) is 0 Å². The minimum absolute atomic E-state index is 0.0451. The van der Waals surface area contributed by atoms with E-state index in [1.54, 1.807) is 4.68 Å². The number of hydrogen-bond acceptors (Lipinski definition) is 4. The minimum atomic E-state index is -0.215. The van der Waals surface area contributed by atoms with Crippen LogP contribution < -0.4 is 0 Å². The Balaban J connectivity index is 2.33. The van der Waals surface area contributed by atoms with Crippen molar-refractivity contribution in [1.82, 2.24) is 20.2 Å². The third-order valence-electron chi connectivity index (χ3n) is 2.25. The van der Waals surface area contributed by atoms with E-state index >= 15 is 0 Å². The number of tetrazole rings is 1. The Bertz CT molecular complexity index is 479. The van der Waals surface area contributed by atoms with E-state index in [1.807, 2.05) is 26.0 Å². The number of alkyl halides is 1. The van der Waals surface area contributed by atoms with Crippen molar-refractivity contribution >= 4 is 34.5 Å². The molecule has 0 aliphatic heterocycles. The van der Waals surface area contributed by atoms with Crippen LogP contribution in [0.15, 0.2) is 12.1 Å². The molecule has 7 heteroatoms. The first-order valence-corrected chi connectivity index (χ1v) is 6.39. The molecule has 0 spiro atoms. The Labute approximate surface area is 107 Å². The zero-order chi connectivity index (χ0) is 11.7. The number of nitrogens with zero attached hydrogens (tertiary/aromatic N) is 4. The van der Waals surface area contributed by atoms with Crippen molar-refractivity contribution in [3.05, 3.63) is 27.2 Å². The topological polar surface area (TPSA) is 43.6 Å². The first-order chi connectivity index (χ1) is 7.59. The van der Waals surface area contributed by atoms with Gasteiger partial charge in [-0.2, -0.15) is 0 Å². The second-order valence-electron chi connectivity index (χ2n) is 3.42. The molecule has 0 saturated heterocycles. The molecule has 2 aromatic rings. The fraction of sp³-hybridized carbons (Fsp3) is 0.444. The van der Waals surface area contributed by atoms with Crippen molar-refractivity contribution in [2.24, 2.45) is 0 Å².